The van der Waals surface area contributed by atoms with Gasteiger partial charge in [0.2, 0.25) is 5.91 Å². The Morgan fingerprint density at radius 3 is 2.32 bits per heavy atom. The second-order valence-corrected chi connectivity index (χ2v) is 9.33. The van der Waals surface area contributed by atoms with Crippen molar-refractivity contribution in [1.82, 2.24) is 19.6 Å². The first-order valence-corrected chi connectivity index (χ1v) is 11.5. The zero-order valence-corrected chi connectivity index (χ0v) is 18.8. The fourth-order valence-electron chi connectivity index (χ4n) is 4.88. The minimum absolute atomic E-state index is 0.0640. The first-order chi connectivity index (χ1) is 14.9. The number of urea groups is 1. The molecule has 170 valence electrons. The van der Waals surface area contributed by atoms with Crippen LogP contribution < -0.4 is 5.32 Å². The molecule has 1 aromatic carbocycles. The third-order valence-corrected chi connectivity index (χ3v) is 7.00. The zero-order chi connectivity index (χ0) is 22.0. The molecule has 3 aliphatic rings. The molecule has 0 unspecified atom stereocenters. The van der Waals surface area contributed by atoms with Crippen molar-refractivity contribution >= 4 is 29.2 Å². The molecule has 0 aromatic heterocycles. The molecule has 3 aliphatic heterocycles. The molecule has 0 aliphatic carbocycles. The summed E-state index contributed by atoms with van der Waals surface area (Å²) in [4.78, 5) is 34.2. The van der Waals surface area contributed by atoms with E-state index in [1.54, 1.807) is 24.3 Å². The Hall–Kier alpha value is -1.87. The van der Waals surface area contributed by atoms with Crippen LogP contribution in [-0.2, 0) is 4.79 Å². The molecule has 2 atom stereocenters. The molecule has 2 N–H and O–H groups in total. The molecular weight excluding hydrogens is 418 g/mol. The lowest BCUT2D eigenvalue weighted by atomic mass is 10.0. The number of halogens is 1. The van der Waals surface area contributed by atoms with Gasteiger partial charge in [0, 0.05) is 55.9 Å². The topological polar surface area (TPSA) is 79.4 Å². The number of carbonyl (C=O) groups excluding carboxylic acids is 2. The predicted molar refractivity (Wildman–Crippen MR) is 120 cm³/mol. The van der Waals surface area contributed by atoms with Crippen LogP contribution in [0.15, 0.2) is 24.3 Å². The Morgan fingerprint density at radius 1 is 1.03 bits per heavy atom. The molecule has 3 saturated heterocycles. The van der Waals surface area contributed by atoms with Gasteiger partial charge in [0.15, 0.2) is 0 Å². The summed E-state index contributed by atoms with van der Waals surface area (Å²) in [5, 5.41) is 13.6. The summed E-state index contributed by atoms with van der Waals surface area (Å²) in [6, 6.07) is 6.42. The molecule has 0 radical (unpaired) electrons. The van der Waals surface area contributed by atoms with Gasteiger partial charge in [-0.2, -0.15) is 0 Å². The van der Waals surface area contributed by atoms with E-state index in [-0.39, 0.29) is 24.9 Å². The van der Waals surface area contributed by atoms with Gasteiger partial charge in [0.1, 0.15) is 6.04 Å². The van der Waals surface area contributed by atoms with Crippen molar-refractivity contribution in [3.05, 3.63) is 29.3 Å². The van der Waals surface area contributed by atoms with Crippen molar-refractivity contribution in [2.24, 2.45) is 0 Å². The van der Waals surface area contributed by atoms with Gasteiger partial charge < -0.3 is 25.1 Å². The van der Waals surface area contributed by atoms with E-state index in [1.807, 2.05) is 4.90 Å². The first kappa shape index (κ1) is 22.3. The second-order valence-electron chi connectivity index (χ2n) is 8.89. The van der Waals surface area contributed by atoms with Crippen molar-refractivity contribution in [2.75, 3.05) is 58.2 Å². The normalized spacial score (nSPS) is 26.3. The van der Waals surface area contributed by atoms with E-state index in [0.717, 1.165) is 26.2 Å². The lowest BCUT2D eigenvalue weighted by Gasteiger charge is -2.43. The first-order valence-electron chi connectivity index (χ1n) is 11.1. The molecule has 3 heterocycles. The number of benzene rings is 1. The van der Waals surface area contributed by atoms with E-state index in [4.69, 9.17) is 11.6 Å². The van der Waals surface area contributed by atoms with Gasteiger partial charge >= 0.3 is 6.03 Å². The highest BCUT2D eigenvalue weighted by Gasteiger charge is 2.41. The summed E-state index contributed by atoms with van der Waals surface area (Å²) in [5.74, 6) is -0.0640. The zero-order valence-electron chi connectivity index (χ0n) is 18.0. The van der Waals surface area contributed by atoms with Crippen molar-refractivity contribution in [1.29, 1.82) is 0 Å². The third-order valence-electron chi connectivity index (χ3n) is 6.75. The smallest absolute Gasteiger partial charge is 0.322 e. The highest BCUT2D eigenvalue weighted by Crippen LogP contribution is 2.24. The number of aliphatic hydroxyl groups is 1. The average Bonchev–Trinajstić information content (AvgIpc) is 3.17. The minimum atomic E-state index is -0.689. The van der Waals surface area contributed by atoms with Crippen LogP contribution in [0.3, 0.4) is 0 Å². The summed E-state index contributed by atoms with van der Waals surface area (Å²) in [6.45, 7) is 5.49. The largest absolute Gasteiger partial charge is 0.391 e. The van der Waals surface area contributed by atoms with Crippen LogP contribution in [0.2, 0.25) is 5.02 Å². The van der Waals surface area contributed by atoms with Crippen LogP contribution in [0.25, 0.3) is 0 Å². The van der Waals surface area contributed by atoms with Crippen LogP contribution in [-0.4, -0.2) is 108 Å². The Morgan fingerprint density at radius 2 is 1.68 bits per heavy atom. The van der Waals surface area contributed by atoms with Gasteiger partial charge in [-0.05, 0) is 57.2 Å². The Balaban J connectivity index is 1.33. The van der Waals surface area contributed by atoms with Gasteiger partial charge in [-0.15, -0.1) is 0 Å². The van der Waals surface area contributed by atoms with Crippen LogP contribution in [0.5, 0.6) is 0 Å². The molecule has 4 rings (SSSR count). The van der Waals surface area contributed by atoms with Crippen LogP contribution >= 0.6 is 11.6 Å². The van der Waals surface area contributed by atoms with Crippen LogP contribution in [0.4, 0.5) is 10.5 Å². The number of hydrogen-bond acceptors (Lipinski definition) is 5. The summed E-state index contributed by atoms with van der Waals surface area (Å²) in [6.07, 6.45) is 1.95. The Labute approximate surface area is 188 Å². The maximum absolute atomic E-state index is 13.2. The van der Waals surface area contributed by atoms with Crippen molar-refractivity contribution in [3.8, 4) is 0 Å². The number of piperidine rings is 1. The molecule has 9 heteroatoms. The molecule has 1 aromatic rings. The van der Waals surface area contributed by atoms with Gasteiger partial charge in [0.25, 0.3) is 0 Å². The number of likely N-dealkylation sites (tertiary alicyclic amines) is 2. The Kier molecular flexibility index (Phi) is 7.01. The van der Waals surface area contributed by atoms with Crippen molar-refractivity contribution in [2.45, 2.75) is 37.5 Å². The summed E-state index contributed by atoms with van der Waals surface area (Å²) < 4.78 is 0. The standard InChI is InChI=1S/C22H32ClN5O3/c1-25-8-6-18(7-9-25)26-10-12-27(13-11-26)21(30)20-14-19(29)15-28(20)22(31)24-17-4-2-16(23)3-5-17/h2-5,18-20,29H,6-15H2,1H3,(H,24,31)/t19-,20-/m1/s1. The van der Waals surface area contributed by atoms with E-state index in [2.05, 4.69) is 22.2 Å². The lowest BCUT2D eigenvalue weighted by Crippen LogP contribution is -2.57. The number of aliphatic hydroxyl groups excluding tert-OH is 1. The number of nitrogens with zero attached hydrogens (tertiary/aromatic N) is 4. The summed E-state index contributed by atoms with van der Waals surface area (Å²) in [7, 11) is 2.16. The molecule has 0 saturated carbocycles. The highest BCUT2D eigenvalue weighted by molar-refractivity contribution is 6.30. The number of anilines is 1. The number of carbonyl (C=O) groups is 2. The third kappa shape index (κ3) is 5.31. The fraction of sp³-hybridized carbons (Fsp3) is 0.636. The summed E-state index contributed by atoms with van der Waals surface area (Å²) in [5.41, 5.74) is 0.605. The number of β-amino-alcohol motifs (C(OH)–C–C–N with tert-alkyl or cyclic N) is 1. The van der Waals surface area contributed by atoms with E-state index >= 15 is 0 Å². The molecule has 3 fully saturated rings. The van der Waals surface area contributed by atoms with E-state index in [0.29, 0.717) is 29.8 Å². The highest BCUT2D eigenvalue weighted by atomic mass is 35.5. The number of hydrogen-bond donors (Lipinski definition) is 2. The number of amides is 3. The average molecular weight is 450 g/mol. The molecule has 3 amide bonds. The molecule has 0 bridgehead atoms. The maximum atomic E-state index is 13.2. The van der Waals surface area contributed by atoms with Gasteiger partial charge in [-0.3, -0.25) is 9.69 Å². The quantitative estimate of drug-likeness (QED) is 0.731. The van der Waals surface area contributed by atoms with E-state index in [1.165, 1.54) is 17.7 Å². The van der Waals surface area contributed by atoms with Crippen LogP contribution in [0.1, 0.15) is 19.3 Å². The van der Waals surface area contributed by atoms with Crippen LogP contribution in [0, 0.1) is 0 Å². The van der Waals surface area contributed by atoms with Crippen molar-refractivity contribution < 1.29 is 14.7 Å². The minimum Gasteiger partial charge on any atom is -0.391 e. The van der Waals surface area contributed by atoms with E-state index < -0.39 is 12.1 Å². The van der Waals surface area contributed by atoms with E-state index in [9.17, 15) is 14.7 Å². The molecule has 8 nitrogen and oxygen atoms in total. The van der Waals surface area contributed by atoms with Gasteiger partial charge in [-0.1, -0.05) is 11.6 Å². The van der Waals surface area contributed by atoms with Gasteiger partial charge in [-0.25, -0.2) is 4.79 Å². The second kappa shape index (κ2) is 9.73. The van der Waals surface area contributed by atoms with Crippen molar-refractivity contribution in [3.63, 3.8) is 0 Å². The maximum Gasteiger partial charge on any atom is 0.322 e. The Bertz CT molecular complexity index is 776. The fourth-order valence-corrected chi connectivity index (χ4v) is 5.01. The summed E-state index contributed by atoms with van der Waals surface area (Å²) >= 11 is 5.90. The number of nitrogens with one attached hydrogen (secondary N) is 1. The number of piperazine rings is 1. The monoisotopic (exact) mass is 449 g/mol. The lowest BCUT2D eigenvalue weighted by molar-refractivity contribution is -0.137. The number of rotatable bonds is 3. The van der Waals surface area contributed by atoms with Gasteiger partial charge in [0.05, 0.1) is 6.10 Å². The molecule has 31 heavy (non-hydrogen) atoms. The molecular formula is C22H32ClN5O3. The SMILES string of the molecule is CN1CCC(N2CCN(C(=O)[C@H]3C[C@@H](O)CN3C(=O)Nc3ccc(Cl)cc3)CC2)CC1. The predicted octanol–water partition coefficient (Wildman–Crippen LogP) is 1.55. The molecule has 0 spiro atoms.